The number of rotatable bonds is 3. The summed E-state index contributed by atoms with van der Waals surface area (Å²) in [6.07, 6.45) is 0. The summed E-state index contributed by atoms with van der Waals surface area (Å²) in [5, 5.41) is 9.35. The lowest BCUT2D eigenvalue weighted by atomic mass is 10.1. The standard InChI is InChI=1S/C14H14OS/c1-11-5-2-3-6-12(11)10-16-14-8-4-7-13(15)9-14/h2-9,15H,10H2,1H3. The van der Waals surface area contributed by atoms with E-state index in [-0.39, 0.29) is 0 Å². The summed E-state index contributed by atoms with van der Waals surface area (Å²) >= 11 is 1.74. The molecule has 0 aromatic heterocycles. The minimum Gasteiger partial charge on any atom is -0.508 e. The van der Waals surface area contributed by atoms with Crippen LogP contribution in [0.4, 0.5) is 0 Å². The maximum absolute atomic E-state index is 9.35. The third-order valence-electron chi connectivity index (χ3n) is 2.47. The SMILES string of the molecule is Cc1ccccc1CSc1cccc(O)c1. The maximum atomic E-state index is 9.35. The largest absolute Gasteiger partial charge is 0.508 e. The quantitative estimate of drug-likeness (QED) is 0.804. The molecule has 0 heterocycles. The average Bonchev–Trinajstić information content (AvgIpc) is 2.28. The van der Waals surface area contributed by atoms with Crippen LogP contribution in [-0.2, 0) is 5.75 Å². The lowest BCUT2D eigenvalue weighted by molar-refractivity contribution is 0.474. The molecule has 16 heavy (non-hydrogen) atoms. The fourth-order valence-corrected chi connectivity index (χ4v) is 2.53. The van der Waals surface area contributed by atoms with Crippen LogP contribution in [0, 0.1) is 6.92 Å². The van der Waals surface area contributed by atoms with Gasteiger partial charge in [-0.3, -0.25) is 0 Å². The van der Waals surface area contributed by atoms with Gasteiger partial charge in [0.25, 0.3) is 0 Å². The number of thioether (sulfide) groups is 1. The second-order valence-electron chi connectivity index (χ2n) is 3.71. The molecule has 0 aliphatic carbocycles. The van der Waals surface area contributed by atoms with Crippen LogP contribution in [0.3, 0.4) is 0 Å². The van der Waals surface area contributed by atoms with Crippen LogP contribution in [0.15, 0.2) is 53.4 Å². The normalized spacial score (nSPS) is 10.3. The molecule has 2 aromatic rings. The molecule has 0 radical (unpaired) electrons. The second-order valence-corrected chi connectivity index (χ2v) is 4.76. The number of hydrogen-bond donors (Lipinski definition) is 1. The van der Waals surface area contributed by atoms with E-state index in [0.29, 0.717) is 5.75 Å². The zero-order valence-corrected chi connectivity index (χ0v) is 10.00. The molecule has 1 nitrogen and oxygen atoms in total. The molecule has 0 aliphatic rings. The molecule has 2 aromatic carbocycles. The van der Waals surface area contributed by atoms with Crippen LogP contribution in [-0.4, -0.2) is 5.11 Å². The van der Waals surface area contributed by atoms with Gasteiger partial charge in [0.2, 0.25) is 0 Å². The van der Waals surface area contributed by atoms with E-state index in [0.717, 1.165) is 10.6 Å². The van der Waals surface area contributed by atoms with E-state index in [2.05, 4.69) is 31.2 Å². The Labute approximate surface area is 100 Å². The smallest absolute Gasteiger partial charge is 0.116 e. The first-order valence-corrected chi connectivity index (χ1v) is 6.20. The minimum atomic E-state index is 0.329. The van der Waals surface area contributed by atoms with E-state index < -0.39 is 0 Å². The van der Waals surface area contributed by atoms with Gasteiger partial charge in [-0.05, 0) is 36.2 Å². The molecule has 82 valence electrons. The topological polar surface area (TPSA) is 20.2 Å². The molecular weight excluding hydrogens is 216 g/mol. The third-order valence-corrected chi connectivity index (χ3v) is 3.52. The van der Waals surface area contributed by atoms with Crippen molar-refractivity contribution in [3.05, 3.63) is 59.7 Å². The van der Waals surface area contributed by atoms with Gasteiger partial charge in [-0.15, -0.1) is 11.8 Å². The highest BCUT2D eigenvalue weighted by Crippen LogP contribution is 2.26. The van der Waals surface area contributed by atoms with Crippen molar-refractivity contribution in [2.45, 2.75) is 17.6 Å². The van der Waals surface area contributed by atoms with Gasteiger partial charge in [0.05, 0.1) is 0 Å². The Morgan fingerprint density at radius 2 is 1.88 bits per heavy atom. The minimum absolute atomic E-state index is 0.329. The highest BCUT2D eigenvalue weighted by Gasteiger charge is 1.99. The number of phenols is 1. The van der Waals surface area contributed by atoms with E-state index >= 15 is 0 Å². The summed E-state index contributed by atoms with van der Waals surface area (Å²) < 4.78 is 0. The molecule has 0 unspecified atom stereocenters. The van der Waals surface area contributed by atoms with Crippen molar-refractivity contribution in [2.24, 2.45) is 0 Å². The monoisotopic (exact) mass is 230 g/mol. The van der Waals surface area contributed by atoms with Gasteiger partial charge in [0, 0.05) is 10.6 Å². The number of hydrogen-bond acceptors (Lipinski definition) is 2. The van der Waals surface area contributed by atoms with Crippen molar-refractivity contribution >= 4 is 11.8 Å². The molecule has 0 amide bonds. The van der Waals surface area contributed by atoms with Gasteiger partial charge in [-0.2, -0.15) is 0 Å². The third kappa shape index (κ3) is 2.80. The number of aryl methyl sites for hydroxylation is 1. The summed E-state index contributed by atoms with van der Waals surface area (Å²) in [5.41, 5.74) is 2.66. The molecule has 0 atom stereocenters. The molecule has 2 heteroatoms. The predicted octanol–water partition coefficient (Wildman–Crippen LogP) is 3.99. The van der Waals surface area contributed by atoms with Crippen molar-refractivity contribution < 1.29 is 5.11 Å². The average molecular weight is 230 g/mol. The van der Waals surface area contributed by atoms with Crippen LogP contribution in [0.25, 0.3) is 0 Å². The fourth-order valence-electron chi connectivity index (χ4n) is 1.51. The van der Waals surface area contributed by atoms with Crippen LogP contribution in [0.2, 0.25) is 0 Å². The van der Waals surface area contributed by atoms with E-state index in [9.17, 15) is 5.11 Å². The van der Waals surface area contributed by atoms with E-state index in [1.54, 1.807) is 23.9 Å². The Morgan fingerprint density at radius 1 is 1.06 bits per heavy atom. The highest BCUT2D eigenvalue weighted by molar-refractivity contribution is 7.98. The molecule has 0 saturated heterocycles. The van der Waals surface area contributed by atoms with Crippen molar-refractivity contribution in [1.82, 2.24) is 0 Å². The van der Waals surface area contributed by atoms with E-state index in [1.807, 2.05) is 12.1 Å². The first-order chi connectivity index (χ1) is 7.75. The molecular formula is C14H14OS. The highest BCUT2D eigenvalue weighted by atomic mass is 32.2. The summed E-state index contributed by atoms with van der Waals surface area (Å²) in [7, 11) is 0. The predicted molar refractivity (Wildman–Crippen MR) is 68.8 cm³/mol. The Kier molecular flexibility index (Phi) is 3.52. The number of benzene rings is 2. The van der Waals surface area contributed by atoms with Crippen molar-refractivity contribution in [3.8, 4) is 5.75 Å². The summed E-state index contributed by atoms with van der Waals surface area (Å²) in [6.45, 7) is 2.12. The van der Waals surface area contributed by atoms with Crippen LogP contribution in [0.1, 0.15) is 11.1 Å². The molecule has 0 spiro atoms. The van der Waals surface area contributed by atoms with Gasteiger partial charge in [-0.25, -0.2) is 0 Å². The first kappa shape index (κ1) is 11.1. The van der Waals surface area contributed by atoms with Crippen molar-refractivity contribution in [1.29, 1.82) is 0 Å². The van der Waals surface area contributed by atoms with Crippen LogP contribution >= 0.6 is 11.8 Å². The van der Waals surface area contributed by atoms with Gasteiger partial charge < -0.3 is 5.11 Å². The molecule has 0 saturated carbocycles. The van der Waals surface area contributed by atoms with Crippen LogP contribution < -0.4 is 0 Å². The lowest BCUT2D eigenvalue weighted by Crippen LogP contribution is -1.84. The Balaban J connectivity index is 2.05. The fraction of sp³-hybridized carbons (Fsp3) is 0.143. The van der Waals surface area contributed by atoms with Crippen LogP contribution in [0.5, 0.6) is 5.75 Å². The Bertz CT molecular complexity index is 480. The molecule has 1 N–H and O–H groups in total. The van der Waals surface area contributed by atoms with Crippen molar-refractivity contribution in [2.75, 3.05) is 0 Å². The molecule has 0 fully saturated rings. The maximum Gasteiger partial charge on any atom is 0.116 e. The summed E-state index contributed by atoms with van der Waals surface area (Å²) in [5.74, 6) is 1.27. The van der Waals surface area contributed by atoms with Crippen molar-refractivity contribution in [3.63, 3.8) is 0 Å². The van der Waals surface area contributed by atoms with Gasteiger partial charge >= 0.3 is 0 Å². The summed E-state index contributed by atoms with van der Waals surface area (Å²) in [4.78, 5) is 1.10. The Hall–Kier alpha value is -1.41. The molecule has 0 aliphatic heterocycles. The zero-order valence-electron chi connectivity index (χ0n) is 9.18. The van der Waals surface area contributed by atoms with E-state index in [4.69, 9.17) is 0 Å². The second kappa shape index (κ2) is 5.08. The lowest BCUT2D eigenvalue weighted by Gasteiger charge is -2.05. The summed E-state index contributed by atoms with van der Waals surface area (Å²) in [6, 6.07) is 15.8. The van der Waals surface area contributed by atoms with E-state index in [1.165, 1.54) is 11.1 Å². The van der Waals surface area contributed by atoms with Gasteiger partial charge in [-0.1, -0.05) is 30.3 Å². The Morgan fingerprint density at radius 3 is 2.62 bits per heavy atom. The molecule has 2 rings (SSSR count). The number of phenolic OH excluding ortho intramolecular Hbond substituents is 1. The zero-order chi connectivity index (χ0) is 11.4. The first-order valence-electron chi connectivity index (χ1n) is 5.22. The van der Waals surface area contributed by atoms with Gasteiger partial charge in [0.1, 0.15) is 5.75 Å². The number of aromatic hydroxyl groups is 1. The molecule has 0 bridgehead atoms. The van der Waals surface area contributed by atoms with Gasteiger partial charge in [0.15, 0.2) is 0 Å².